The minimum Gasteiger partial charge on any atom is -0.477 e. The number of carbonyl (C=O) groups is 4. The summed E-state index contributed by atoms with van der Waals surface area (Å²) in [6.07, 6.45) is -119. The number of nitrogens with one attached hydrogen (secondary N) is 2. The van der Waals surface area contributed by atoms with Gasteiger partial charge in [-0.15, -0.1) is 0 Å². The first-order valence-electron chi connectivity index (χ1n) is 40.5. The van der Waals surface area contributed by atoms with E-state index in [1.54, 1.807) is 0 Å². The molecule has 59 nitrogen and oxygen atoms in total. The van der Waals surface area contributed by atoms with E-state index >= 15 is 0 Å². The van der Waals surface area contributed by atoms with Crippen molar-refractivity contribution < 1.29 is 283 Å². The minimum absolute atomic E-state index is 0.848. The second-order valence-corrected chi connectivity index (χ2v) is 32.3. The number of carboxylic acid groups (broad SMARTS) is 2. The van der Waals surface area contributed by atoms with E-state index in [0.717, 1.165) is 13.8 Å². The van der Waals surface area contributed by atoms with Gasteiger partial charge in [0.05, 0.1) is 78.3 Å². The Balaban J connectivity index is 1.06. The molecule has 10 aliphatic rings. The highest BCUT2D eigenvalue weighted by molar-refractivity contribution is 5.77. The number of amides is 2. The Morgan fingerprint density at radius 2 is 0.659 bits per heavy atom. The lowest BCUT2D eigenvalue weighted by molar-refractivity contribution is -0.425. The van der Waals surface area contributed by atoms with Crippen molar-refractivity contribution in [3.05, 3.63) is 0 Å². The van der Waals surface area contributed by atoms with Crippen molar-refractivity contribution in [2.24, 2.45) is 0 Å². The largest absolute Gasteiger partial charge is 0.477 e. The summed E-state index contributed by atoms with van der Waals surface area (Å²) in [5.41, 5.74) is 0. The Morgan fingerprint density at radius 3 is 1.14 bits per heavy atom. The van der Waals surface area contributed by atoms with E-state index in [2.05, 4.69) is 10.6 Å². The number of aliphatic carboxylic acids is 2. The predicted molar refractivity (Wildman–Crippen MR) is 387 cm³/mol. The topological polar surface area (TPSA) is 956 Å². The van der Waals surface area contributed by atoms with Crippen LogP contribution in [0.4, 0.5) is 0 Å². The summed E-state index contributed by atoms with van der Waals surface area (Å²) in [7, 11) is 0. The van der Waals surface area contributed by atoms with E-state index in [1.165, 1.54) is 0 Å². The fraction of sp³-hybridized carbons (Fsp3) is 0.943. The first-order chi connectivity index (χ1) is 60.8. The molecule has 0 saturated carbocycles. The Morgan fingerprint density at radius 1 is 0.310 bits per heavy atom. The van der Waals surface area contributed by atoms with Gasteiger partial charge in [0.1, 0.15) is 244 Å². The predicted octanol–water partition coefficient (Wildman–Crippen LogP) is -24.1. The molecule has 10 aliphatic heterocycles. The molecule has 0 aromatic carbocycles. The number of rotatable bonds is 36. The molecule has 748 valence electrons. The highest BCUT2D eigenvalue weighted by atomic mass is 16.8. The number of aliphatic hydroxyl groups excluding tert-OH is 31. The van der Waals surface area contributed by atoms with Gasteiger partial charge in [-0.3, -0.25) is 9.59 Å². The van der Waals surface area contributed by atoms with Crippen LogP contribution in [0, 0.1) is 0 Å². The highest BCUT2D eigenvalue weighted by Crippen LogP contribution is 2.46. The zero-order valence-electron chi connectivity index (χ0n) is 67.9. The molecule has 0 radical (unpaired) electrons. The summed E-state index contributed by atoms with van der Waals surface area (Å²) in [5, 5.41) is 385. The number of ether oxygens (including phenoxy) is 19. The van der Waals surface area contributed by atoms with Crippen LogP contribution >= 0.6 is 0 Å². The zero-order valence-corrected chi connectivity index (χ0v) is 67.9. The van der Waals surface area contributed by atoms with E-state index in [4.69, 9.17) is 90.0 Å². The minimum atomic E-state index is -3.76. The number of aliphatic hydroxyl groups is 32. The highest BCUT2D eigenvalue weighted by Gasteiger charge is 2.66. The lowest BCUT2D eigenvalue weighted by Gasteiger charge is -2.53. The van der Waals surface area contributed by atoms with E-state index < -0.39 is 421 Å². The maximum Gasteiger partial charge on any atom is 0.364 e. The molecule has 0 unspecified atom stereocenters. The lowest BCUT2D eigenvalue weighted by atomic mass is 9.89. The fourth-order valence-corrected chi connectivity index (χ4v) is 16.6. The molecule has 0 aromatic rings. The second kappa shape index (κ2) is 45.4. The van der Waals surface area contributed by atoms with Gasteiger partial charge in [0.15, 0.2) is 50.3 Å². The number of hydrogen-bond acceptors (Lipinski definition) is 55. The van der Waals surface area contributed by atoms with Crippen molar-refractivity contribution in [3.8, 4) is 0 Å². The van der Waals surface area contributed by atoms with Crippen LogP contribution in [0.5, 0.6) is 0 Å². The Kier molecular flexibility index (Phi) is 37.6. The molecule has 0 bridgehead atoms. The third-order valence-electron chi connectivity index (χ3n) is 23.6. The van der Waals surface area contributed by atoms with Gasteiger partial charge in [-0.25, -0.2) is 9.59 Å². The van der Waals surface area contributed by atoms with Crippen LogP contribution in [0.3, 0.4) is 0 Å². The maximum absolute atomic E-state index is 13.6. The number of carbonyl (C=O) groups excluding carboxylic acids is 2. The quantitative estimate of drug-likeness (QED) is 0.0277. The van der Waals surface area contributed by atoms with Crippen molar-refractivity contribution in [2.45, 2.75) is 345 Å². The van der Waals surface area contributed by atoms with Gasteiger partial charge in [-0.05, 0) is 0 Å². The summed E-state index contributed by atoms with van der Waals surface area (Å²) < 4.78 is 113. The van der Waals surface area contributed by atoms with Crippen molar-refractivity contribution in [2.75, 3.05) is 66.1 Å². The summed E-state index contributed by atoms with van der Waals surface area (Å²) in [4.78, 5) is 52.4. The number of hydrogen-bond donors (Lipinski definition) is 36. The monoisotopic (exact) mass is 1900 g/mol. The lowest BCUT2D eigenvalue weighted by Crippen LogP contribution is -2.72. The fourth-order valence-electron chi connectivity index (χ4n) is 16.6. The molecular formula is C70H116N2O57. The first kappa shape index (κ1) is 107. The Hall–Kier alpha value is -4.16. The first-order valence-corrected chi connectivity index (χ1v) is 40.5. The molecule has 10 fully saturated rings. The van der Waals surface area contributed by atoms with E-state index in [1.807, 2.05) is 0 Å². The van der Waals surface area contributed by atoms with Gasteiger partial charge in [-0.1, -0.05) is 0 Å². The SMILES string of the molecule is CC(=O)N[C@H]1[C@H](O[C@H]2[C@@H](O)[C@@H](CO)O[C@@H](O[C@H]3[C@H](O)[C@@H](O)[C@H](O[C@H]4[C@H](O[C@H]5O[C@H]([C@@H](O)CO)[C@@H](O)[C@H](O[C@H]6O[C@H](CO)[C@@H](O)[C@H](O)[C@H]6O)[C@@H]5O[C@H]5O[C@H](CO)[C@@H](O)[C@H](O)[C@H]5NC(C)=O)[C@H](O)[C@@H](O[C@H]5[C@@H]([C@H](O)CO)O[C@@](O)(C(=O)O)C[C@H]5O[C@]5(C(=O)O)C[C@@H](O)[C@@H](O)[C@@H]([C@H](O)CO)O5)O[C@@H]4[C@@H](O)CO)O[C@@H]3CO)[C@@H]2O)O[C@H](CO)[C@@H](O[C@@H]2O[C@H](CO)[C@H](O)[C@H](O)[C@H]2O)[C@@H]1O. The molecular weight excluding hydrogens is 1780 g/mol. The van der Waals surface area contributed by atoms with E-state index in [-0.39, 0.29) is 0 Å². The molecule has 0 aliphatic carbocycles. The summed E-state index contributed by atoms with van der Waals surface area (Å²) in [6, 6.07) is -4.04. The summed E-state index contributed by atoms with van der Waals surface area (Å²) in [6.45, 7) is -11.5. The average Bonchev–Trinajstić information content (AvgIpc) is 0.742. The summed E-state index contributed by atoms with van der Waals surface area (Å²) in [5.74, 6) is -14.1. The number of carboxylic acids is 2. The second-order valence-electron chi connectivity index (χ2n) is 32.3. The third-order valence-corrected chi connectivity index (χ3v) is 23.6. The third kappa shape index (κ3) is 22.7. The average molecular weight is 1900 g/mol. The molecule has 2 amide bonds. The maximum atomic E-state index is 13.6. The standard InChI is InChI=1S/C70H116N2O57/c1-15(83)71-29-36(95)32(91)23(9-77)111-59(29)126-58-55(123-62-42(101)39(98)34(93)25(11-79)113-62)44(103)47(18(86)5-73)117-66(58)124-56-46(105)65(121-53-22(4-69(110,67(106)107)128-50(53)21(89)8-76)127-70(68(108)109)3-17(85)31(90)48(129-70)19(87)6-74)118-49(20(88)7-75)57(56)125-63-43(102)40(99)52(28(14-82)116-63)120-64-45(104)54(35(94)26(12-80)114-64)122-60-30(72-16(2)84)37(96)51(27(13-81)115-60)119-61-41(100)38(97)33(92)24(10-78)112-61/h17-66,73-82,85-105,110H,3-14H2,1-2H3,(H,71,83)(H,72,84)(H,106,107)(H,108,109)/t17-,18+,19-,20+,21-,22-,23-,24-,25-,26-,27-,28-,29-,30-,31-,32-,33+,34-,35+,36-,37-,38+,39+,40-,41-,42-,43-,44-,45-,46+,47-,48-,49-,50-,51-,52-,53-,54+,55+,56-,57-,58+,59-,60+,61+,62-,63+,64+,65-,66-,69-,70-/m1/s1. The Labute approximate surface area is 726 Å². The Bertz CT molecular complexity index is 3520. The van der Waals surface area contributed by atoms with Crippen molar-refractivity contribution in [1.29, 1.82) is 0 Å². The smallest absolute Gasteiger partial charge is 0.364 e. The molecule has 129 heavy (non-hydrogen) atoms. The molecule has 10 saturated heterocycles. The van der Waals surface area contributed by atoms with Crippen molar-refractivity contribution in [1.82, 2.24) is 10.6 Å². The molecule has 52 atom stereocenters. The van der Waals surface area contributed by atoms with Crippen LogP contribution in [-0.4, -0.2) is 582 Å². The van der Waals surface area contributed by atoms with E-state index in [0.29, 0.717) is 0 Å². The van der Waals surface area contributed by atoms with Crippen LogP contribution in [-0.2, 0) is 109 Å². The molecule has 10 rings (SSSR count). The molecule has 0 spiro atoms. The summed E-state index contributed by atoms with van der Waals surface area (Å²) >= 11 is 0. The van der Waals surface area contributed by atoms with Crippen molar-refractivity contribution in [3.63, 3.8) is 0 Å². The zero-order chi connectivity index (χ0) is 95.5. The van der Waals surface area contributed by atoms with Crippen LogP contribution in [0.15, 0.2) is 0 Å². The van der Waals surface area contributed by atoms with E-state index in [9.17, 15) is 193 Å². The molecule has 0 aromatic heterocycles. The van der Waals surface area contributed by atoms with Crippen LogP contribution < -0.4 is 10.6 Å². The van der Waals surface area contributed by atoms with Gasteiger partial charge in [0, 0.05) is 26.7 Å². The normalized spacial score (nSPS) is 48.7. The van der Waals surface area contributed by atoms with Crippen LogP contribution in [0.2, 0.25) is 0 Å². The molecule has 59 heteroatoms. The van der Waals surface area contributed by atoms with Crippen molar-refractivity contribution >= 4 is 23.8 Å². The van der Waals surface area contributed by atoms with Gasteiger partial charge in [0.25, 0.3) is 11.6 Å². The van der Waals surface area contributed by atoms with Gasteiger partial charge in [-0.2, -0.15) is 0 Å². The van der Waals surface area contributed by atoms with Crippen LogP contribution in [0.25, 0.3) is 0 Å². The van der Waals surface area contributed by atoms with Crippen LogP contribution in [0.1, 0.15) is 26.7 Å². The molecule has 10 heterocycles. The van der Waals surface area contributed by atoms with Gasteiger partial charge < -0.3 is 274 Å². The van der Waals surface area contributed by atoms with Gasteiger partial charge >= 0.3 is 11.9 Å². The van der Waals surface area contributed by atoms with Gasteiger partial charge in [0.2, 0.25) is 11.8 Å². The molecule has 36 N–H and O–H groups in total.